The smallest absolute Gasteiger partial charge is 0.245 e. The largest absolute Gasteiger partial charge is 0.339 e. The fraction of sp³-hybridized carbons (Fsp3) is 0.529. The Bertz CT molecular complexity index is 843. The van der Waals surface area contributed by atoms with Gasteiger partial charge in [-0.15, -0.1) is 0 Å². The second-order valence-electron chi connectivity index (χ2n) is 6.14. The molecule has 0 bridgehead atoms. The first kappa shape index (κ1) is 17.0. The molecule has 1 aliphatic heterocycles. The van der Waals surface area contributed by atoms with Crippen LogP contribution in [-0.2, 0) is 21.1 Å². The van der Waals surface area contributed by atoms with Crippen molar-refractivity contribution >= 4 is 26.8 Å². The maximum absolute atomic E-state index is 13.0. The van der Waals surface area contributed by atoms with Gasteiger partial charge in [-0.05, 0) is 18.6 Å². The monoisotopic (exact) mass is 349 g/mol. The summed E-state index contributed by atoms with van der Waals surface area (Å²) in [5.74, 6) is 0.993. The number of nitrogens with zero attached hydrogens (tertiary/aromatic N) is 3. The number of hydrogen-bond acceptors (Lipinski definition) is 4. The molecule has 3 rings (SSSR count). The van der Waals surface area contributed by atoms with E-state index in [-0.39, 0.29) is 36.5 Å². The predicted octanol–water partition coefficient (Wildman–Crippen LogP) is 1.81. The van der Waals surface area contributed by atoms with E-state index in [2.05, 4.69) is 4.98 Å². The number of amides is 1. The number of imidazole rings is 1. The molecule has 7 heteroatoms. The van der Waals surface area contributed by atoms with Gasteiger partial charge in [0, 0.05) is 19.5 Å². The fourth-order valence-electron chi connectivity index (χ4n) is 3.30. The molecule has 1 saturated heterocycles. The molecule has 0 saturated carbocycles. The Balaban J connectivity index is 1.96. The van der Waals surface area contributed by atoms with Crippen molar-refractivity contribution in [3.05, 3.63) is 30.1 Å². The van der Waals surface area contributed by atoms with Crippen LogP contribution in [0.15, 0.2) is 24.3 Å². The number of para-hydroxylation sites is 2. The molecular formula is C17H23N3O3S. The van der Waals surface area contributed by atoms with Crippen LogP contribution in [0.25, 0.3) is 11.0 Å². The summed E-state index contributed by atoms with van der Waals surface area (Å²) in [5.41, 5.74) is 1.85. The average molecular weight is 349 g/mol. The highest BCUT2D eigenvalue weighted by Gasteiger charge is 2.31. The van der Waals surface area contributed by atoms with E-state index in [9.17, 15) is 13.2 Å². The van der Waals surface area contributed by atoms with Gasteiger partial charge < -0.3 is 9.47 Å². The van der Waals surface area contributed by atoms with E-state index >= 15 is 0 Å². The minimum Gasteiger partial charge on any atom is -0.339 e. The molecular weight excluding hydrogens is 326 g/mol. The first-order valence-corrected chi connectivity index (χ1v) is 10.2. The van der Waals surface area contributed by atoms with E-state index < -0.39 is 9.84 Å². The van der Waals surface area contributed by atoms with Gasteiger partial charge in [0.05, 0.1) is 22.5 Å². The number of carbonyl (C=O) groups excluding carboxylic acids is 1. The van der Waals surface area contributed by atoms with Gasteiger partial charge in [-0.1, -0.05) is 26.0 Å². The molecule has 1 fully saturated rings. The van der Waals surface area contributed by atoms with E-state index in [1.807, 2.05) is 42.7 Å². The maximum atomic E-state index is 13.0. The Hall–Kier alpha value is -1.89. The standard InChI is InChI=1S/C17H23N3O3S/c1-3-14(17(21)19-9-11-24(22,23)12-10-19)20-15-8-6-5-7-13(15)18-16(20)4-2/h5-8,14H,3-4,9-12H2,1-2H3. The number of carbonyl (C=O) groups is 1. The SMILES string of the molecule is CCc1nc2ccccc2n1C(CC)C(=O)N1CCS(=O)(=O)CC1. The summed E-state index contributed by atoms with van der Waals surface area (Å²) in [5, 5.41) is 0. The van der Waals surface area contributed by atoms with Crippen LogP contribution in [-0.4, -0.2) is 53.4 Å². The van der Waals surface area contributed by atoms with Crippen LogP contribution in [0.3, 0.4) is 0 Å². The van der Waals surface area contributed by atoms with Gasteiger partial charge in [-0.2, -0.15) is 0 Å². The van der Waals surface area contributed by atoms with Crippen LogP contribution in [0.1, 0.15) is 32.1 Å². The Morgan fingerprint density at radius 3 is 2.50 bits per heavy atom. The van der Waals surface area contributed by atoms with Crippen LogP contribution in [0.5, 0.6) is 0 Å². The lowest BCUT2D eigenvalue weighted by Crippen LogP contribution is -2.46. The molecule has 130 valence electrons. The summed E-state index contributed by atoms with van der Waals surface area (Å²) in [6.45, 7) is 4.58. The second-order valence-corrected chi connectivity index (χ2v) is 8.45. The molecule has 2 aromatic rings. The normalized spacial score (nSPS) is 18.7. The summed E-state index contributed by atoms with van der Waals surface area (Å²) in [7, 11) is -3.00. The van der Waals surface area contributed by atoms with Crippen LogP contribution < -0.4 is 0 Å². The van der Waals surface area contributed by atoms with E-state index in [0.29, 0.717) is 6.42 Å². The third-order valence-corrected chi connectivity index (χ3v) is 6.23. The minimum absolute atomic E-state index is 0.00902. The lowest BCUT2D eigenvalue weighted by atomic mass is 10.1. The van der Waals surface area contributed by atoms with Crippen LogP contribution in [0.2, 0.25) is 0 Å². The quantitative estimate of drug-likeness (QED) is 0.844. The van der Waals surface area contributed by atoms with Gasteiger partial charge in [0.15, 0.2) is 9.84 Å². The molecule has 0 radical (unpaired) electrons. The lowest BCUT2D eigenvalue weighted by Gasteiger charge is -2.31. The van der Waals surface area contributed by atoms with Crippen molar-refractivity contribution in [3.63, 3.8) is 0 Å². The highest BCUT2D eigenvalue weighted by atomic mass is 32.2. The van der Waals surface area contributed by atoms with Gasteiger partial charge in [-0.3, -0.25) is 4.79 Å². The van der Waals surface area contributed by atoms with Gasteiger partial charge in [0.1, 0.15) is 11.9 Å². The van der Waals surface area contributed by atoms with E-state index in [1.54, 1.807) is 4.90 Å². The van der Waals surface area contributed by atoms with Crippen LogP contribution >= 0.6 is 0 Å². The Labute approximate surface area is 142 Å². The number of aromatic nitrogens is 2. The van der Waals surface area contributed by atoms with Gasteiger partial charge in [0.2, 0.25) is 5.91 Å². The molecule has 1 unspecified atom stereocenters. The number of hydrogen-bond donors (Lipinski definition) is 0. The first-order chi connectivity index (χ1) is 11.5. The molecule has 1 aliphatic rings. The summed E-state index contributed by atoms with van der Waals surface area (Å²) >= 11 is 0. The molecule has 2 heterocycles. The molecule has 1 aromatic heterocycles. The molecule has 0 aliphatic carbocycles. The van der Waals surface area contributed by atoms with Crippen molar-refractivity contribution in [3.8, 4) is 0 Å². The predicted molar refractivity (Wildman–Crippen MR) is 93.7 cm³/mol. The third kappa shape index (κ3) is 3.05. The topological polar surface area (TPSA) is 72.3 Å². The first-order valence-electron chi connectivity index (χ1n) is 8.42. The Morgan fingerprint density at radius 1 is 1.21 bits per heavy atom. The number of aryl methyl sites for hydroxylation is 1. The van der Waals surface area contributed by atoms with Crippen molar-refractivity contribution in [2.45, 2.75) is 32.7 Å². The molecule has 1 atom stereocenters. The van der Waals surface area contributed by atoms with Crippen molar-refractivity contribution in [1.29, 1.82) is 0 Å². The summed E-state index contributed by atoms with van der Waals surface area (Å²) < 4.78 is 25.2. The zero-order valence-corrected chi connectivity index (χ0v) is 14.9. The van der Waals surface area contributed by atoms with Gasteiger partial charge in [0.25, 0.3) is 0 Å². The van der Waals surface area contributed by atoms with E-state index in [1.165, 1.54) is 0 Å². The van der Waals surface area contributed by atoms with Crippen molar-refractivity contribution in [2.24, 2.45) is 0 Å². The van der Waals surface area contributed by atoms with Crippen molar-refractivity contribution < 1.29 is 13.2 Å². The van der Waals surface area contributed by atoms with Crippen LogP contribution in [0, 0.1) is 0 Å². The maximum Gasteiger partial charge on any atom is 0.245 e. The van der Waals surface area contributed by atoms with E-state index in [4.69, 9.17) is 0 Å². The Morgan fingerprint density at radius 2 is 1.88 bits per heavy atom. The highest BCUT2D eigenvalue weighted by molar-refractivity contribution is 7.91. The second kappa shape index (κ2) is 6.55. The van der Waals surface area contributed by atoms with Crippen molar-refractivity contribution in [1.82, 2.24) is 14.5 Å². The van der Waals surface area contributed by atoms with Crippen molar-refractivity contribution in [2.75, 3.05) is 24.6 Å². The fourth-order valence-corrected chi connectivity index (χ4v) is 4.50. The molecule has 0 N–H and O–H groups in total. The summed E-state index contributed by atoms with van der Waals surface area (Å²) in [6.07, 6.45) is 1.39. The Kier molecular flexibility index (Phi) is 4.62. The number of fused-ring (bicyclic) bond motifs is 1. The van der Waals surface area contributed by atoms with Gasteiger partial charge in [-0.25, -0.2) is 13.4 Å². The molecule has 6 nitrogen and oxygen atoms in total. The minimum atomic E-state index is -3.00. The summed E-state index contributed by atoms with van der Waals surface area (Å²) in [6, 6.07) is 7.49. The lowest BCUT2D eigenvalue weighted by molar-refractivity contribution is -0.134. The highest BCUT2D eigenvalue weighted by Crippen LogP contribution is 2.26. The summed E-state index contributed by atoms with van der Waals surface area (Å²) in [4.78, 5) is 19.4. The zero-order valence-electron chi connectivity index (χ0n) is 14.1. The number of benzene rings is 1. The number of rotatable bonds is 4. The number of sulfone groups is 1. The molecule has 24 heavy (non-hydrogen) atoms. The zero-order chi connectivity index (χ0) is 17.3. The van der Waals surface area contributed by atoms with Gasteiger partial charge >= 0.3 is 0 Å². The van der Waals surface area contributed by atoms with E-state index in [0.717, 1.165) is 23.3 Å². The van der Waals surface area contributed by atoms with Crippen LogP contribution in [0.4, 0.5) is 0 Å². The molecule has 1 amide bonds. The molecule has 1 aromatic carbocycles. The molecule has 0 spiro atoms. The average Bonchev–Trinajstić information content (AvgIpc) is 2.94. The third-order valence-electron chi connectivity index (χ3n) is 4.62.